The molecule has 1 unspecified atom stereocenters. The average Bonchev–Trinajstić information content (AvgIpc) is 2.41. The van der Waals surface area contributed by atoms with Crippen molar-refractivity contribution in [2.75, 3.05) is 7.11 Å². The summed E-state index contributed by atoms with van der Waals surface area (Å²) in [5.74, 6) is -0.200. The number of hydrogen-bond donors (Lipinski definition) is 1. The fourth-order valence-corrected chi connectivity index (χ4v) is 2.39. The van der Waals surface area contributed by atoms with Crippen LogP contribution in [0.5, 0.6) is 5.75 Å². The van der Waals surface area contributed by atoms with Crippen LogP contribution in [0.15, 0.2) is 36.4 Å². The van der Waals surface area contributed by atoms with Gasteiger partial charge in [-0.15, -0.1) is 0 Å². The number of aliphatic hydroxyl groups is 1. The van der Waals surface area contributed by atoms with Gasteiger partial charge in [0.1, 0.15) is 0 Å². The number of ether oxygens (including phenoxy) is 1. The molecule has 2 nitrogen and oxygen atoms in total. The van der Waals surface area contributed by atoms with Crippen LogP contribution in [0.1, 0.15) is 28.4 Å². The highest BCUT2D eigenvalue weighted by molar-refractivity contribution is 5.35. The van der Waals surface area contributed by atoms with Gasteiger partial charge in [-0.05, 0) is 36.6 Å². The number of aryl methyl sites for hydroxylation is 2. The number of rotatable bonds is 4. The molecule has 0 saturated carbocycles. The van der Waals surface area contributed by atoms with E-state index < -0.39 is 11.9 Å². The average molecular weight is 274 g/mol. The molecule has 1 atom stereocenters. The van der Waals surface area contributed by atoms with Crippen molar-refractivity contribution in [3.63, 3.8) is 0 Å². The zero-order valence-electron chi connectivity index (χ0n) is 12.0. The van der Waals surface area contributed by atoms with Crippen LogP contribution in [0, 0.1) is 19.7 Å². The summed E-state index contributed by atoms with van der Waals surface area (Å²) in [4.78, 5) is 0. The van der Waals surface area contributed by atoms with Gasteiger partial charge in [0, 0.05) is 6.42 Å². The number of aliphatic hydroxyl groups excluding tert-OH is 1. The van der Waals surface area contributed by atoms with E-state index in [-0.39, 0.29) is 12.2 Å². The summed E-state index contributed by atoms with van der Waals surface area (Å²) in [5.41, 5.74) is 3.45. The first kappa shape index (κ1) is 14.5. The molecule has 0 amide bonds. The molecule has 0 aliphatic rings. The van der Waals surface area contributed by atoms with E-state index >= 15 is 0 Å². The largest absolute Gasteiger partial charge is 0.494 e. The molecule has 0 aliphatic heterocycles. The highest BCUT2D eigenvalue weighted by Gasteiger charge is 2.15. The van der Waals surface area contributed by atoms with Crippen molar-refractivity contribution in [3.8, 4) is 5.75 Å². The summed E-state index contributed by atoms with van der Waals surface area (Å²) in [6, 6.07) is 10.8. The molecule has 1 N–H and O–H groups in total. The number of halogens is 1. The Labute approximate surface area is 118 Å². The van der Waals surface area contributed by atoms with Crippen molar-refractivity contribution in [1.82, 2.24) is 0 Å². The van der Waals surface area contributed by atoms with E-state index in [1.165, 1.54) is 7.11 Å². The second-order valence-electron chi connectivity index (χ2n) is 5.01. The summed E-state index contributed by atoms with van der Waals surface area (Å²) in [7, 11) is 1.43. The zero-order valence-corrected chi connectivity index (χ0v) is 12.0. The van der Waals surface area contributed by atoms with Crippen LogP contribution in [0.2, 0.25) is 0 Å². The Morgan fingerprint density at radius 3 is 2.60 bits per heavy atom. The third-order valence-corrected chi connectivity index (χ3v) is 3.46. The van der Waals surface area contributed by atoms with Gasteiger partial charge in [0.15, 0.2) is 11.6 Å². The van der Waals surface area contributed by atoms with Crippen LogP contribution >= 0.6 is 0 Å². The van der Waals surface area contributed by atoms with Crippen molar-refractivity contribution < 1.29 is 14.2 Å². The second kappa shape index (κ2) is 6.06. The Kier molecular flexibility index (Phi) is 4.40. The van der Waals surface area contributed by atoms with Crippen molar-refractivity contribution in [2.24, 2.45) is 0 Å². The minimum atomic E-state index is -0.725. The minimum absolute atomic E-state index is 0.204. The van der Waals surface area contributed by atoms with Crippen LogP contribution in [-0.2, 0) is 6.42 Å². The van der Waals surface area contributed by atoms with E-state index in [0.29, 0.717) is 5.56 Å². The van der Waals surface area contributed by atoms with Crippen molar-refractivity contribution in [1.29, 1.82) is 0 Å². The second-order valence-corrected chi connectivity index (χ2v) is 5.01. The Hall–Kier alpha value is -1.87. The third-order valence-electron chi connectivity index (χ3n) is 3.46. The summed E-state index contributed by atoms with van der Waals surface area (Å²) >= 11 is 0. The first-order valence-corrected chi connectivity index (χ1v) is 6.59. The van der Waals surface area contributed by atoms with Gasteiger partial charge >= 0.3 is 0 Å². The van der Waals surface area contributed by atoms with E-state index in [1.54, 1.807) is 18.2 Å². The predicted molar refractivity (Wildman–Crippen MR) is 77.5 cm³/mol. The highest BCUT2D eigenvalue weighted by atomic mass is 19.1. The van der Waals surface area contributed by atoms with Crippen LogP contribution in [0.25, 0.3) is 0 Å². The highest BCUT2D eigenvalue weighted by Crippen LogP contribution is 2.26. The molecule has 0 radical (unpaired) electrons. The number of benzene rings is 2. The van der Waals surface area contributed by atoms with E-state index in [2.05, 4.69) is 0 Å². The molecule has 2 aromatic carbocycles. The SMILES string of the molecule is COc1cccc(CC(O)c2ccc(C)cc2C)c1F. The Balaban J connectivity index is 2.25. The Morgan fingerprint density at radius 1 is 1.20 bits per heavy atom. The third kappa shape index (κ3) is 2.99. The molecule has 0 heterocycles. The van der Waals surface area contributed by atoms with Crippen LogP contribution < -0.4 is 4.74 Å². The van der Waals surface area contributed by atoms with E-state index in [1.807, 2.05) is 32.0 Å². The fourth-order valence-electron chi connectivity index (χ4n) is 2.39. The molecule has 2 rings (SSSR count). The van der Waals surface area contributed by atoms with Crippen molar-refractivity contribution in [2.45, 2.75) is 26.4 Å². The van der Waals surface area contributed by atoms with Gasteiger partial charge in [-0.1, -0.05) is 35.9 Å². The van der Waals surface area contributed by atoms with Crippen LogP contribution in [0.4, 0.5) is 4.39 Å². The quantitative estimate of drug-likeness (QED) is 0.920. The maximum absolute atomic E-state index is 14.1. The standard InChI is InChI=1S/C17H19FO2/c1-11-7-8-14(12(2)9-11)15(19)10-13-5-4-6-16(20-3)17(13)18/h4-9,15,19H,10H2,1-3H3. The van der Waals surface area contributed by atoms with Crippen molar-refractivity contribution in [3.05, 3.63) is 64.5 Å². The minimum Gasteiger partial charge on any atom is -0.494 e. The molecule has 0 aromatic heterocycles. The number of methoxy groups -OCH3 is 1. The maximum Gasteiger partial charge on any atom is 0.168 e. The number of hydrogen-bond acceptors (Lipinski definition) is 2. The van der Waals surface area contributed by atoms with Crippen LogP contribution in [-0.4, -0.2) is 12.2 Å². The molecule has 3 heteroatoms. The molecule has 0 saturated heterocycles. The molecular weight excluding hydrogens is 255 g/mol. The summed E-state index contributed by atoms with van der Waals surface area (Å²) < 4.78 is 19.0. The summed E-state index contributed by atoms with van der Waals surface area (Å²) in [6.07, 6.45) is -0.496. The monoisotopic (exact) mass is 274 g/mol. The molecular formula is C17H19FO2. The lowest BCUT2D eigenvalue weighted by molar-refractivity contribution is 0.176. The van der Waals surface area contributed by atoms with Crippen LogP contribution in [0.3, 0.4) is 0 Å². The summed E-state index contributed by atoms with van der Waals surface area (Å²) in [5, 5.41) is 10.3. The molecule has 0 bridgehead atoms. The first-order chi connectivity index (χ1) is 9.52. The smallest absolute Gasteiger partial charge is 0.168 e. The fraction of sp³-hybridized carbons (Fsp3) is 0.294. The molecule has 0 fully saturated rings. The van der Waals surface area contributed by atoms with Gasteiger partial charge in [0.05, 0.1) is 13.2 Å². The Bertz CT molecular complexity index is 608. The summed E-state index contributed by atoms with van der Waals surface area (Å²) in [6.45, 7) is 3.96. The van der Waals surface area contributed by atoms with E-state index in [0.717, 1.165) is 16.7 Å². The molecule has 0 spiro atoms. The van der Waals surface area contributed by atoms with Gasteiger partial charge in [-0.2, -0.15) is 0 Å². The molecule has 0 aliphatic carbocycles. The molecule has 20 heavy (non-hydrogen) atoms. The van der Waals surface area contributed by atoms with Gasteiger partial charge in [0.25, 0.3) is 0 Å². The lowest BCUT2D eigenvalue weighted by Gasteiger charge is -2.15. The maximum atomic E-state index is 14.1. The van der Waals surface area contributed by atoms with E-state index in [4.69, 9.17) is 4.74 Å². The lowest BCUT2D eigenvalue weighted by Crippen LogP contribution is -2.06. The van der Waals surface area contributed by atoms with Gasteiger partial charge in [0.2, 0.25) is 0 Å². The normalized spacial score (nSPS) is 12.2. The van der Waals surface area contributed by atoms with Crippen molar-refractivity contribution >= 4 is 0 Å². The van der Waals surface area contributed by atoms with Gasteiger partial charge in [-0.3, -0.25) is 0 Å². The first-order valence-electron chi connectivity index (χ1n) is 6.59. The molecule has 106 valence electrons. The van der Waals surface area contributed by atoms with E-state index in [9.17, 15) is 9.50 Å². The topological polar surface area (TPSA) is 29.5 Å². The van der Waals surface area contributed by atoms with Gasteiger partial charge < -0.3 is 9.84 Å². The van der Waals surface area contributed by atoms with Gasteiger partial charge in [-0.25, -0.2) is 4.39 Å². The predicted octanol–water partition coefficient (Wildman–Crippen LogP) is 3.73. The zero-order chi connectivity index (χ0) is 14.7. The Morgan fingerprint density at radius 2 is 1.95 bits per heavy atom. The lowest BCUT2D eigenvalue weighted by atomic mass is 9.96. The molecule has 2 aromatic rings.